The van der Waals surface area contributed by atoms with Crippen molar-refractivity contribution in [2.24, 2.45) is 11.7 Å². The molecule has 1 aliphatic carbocycles. The van der Waals surface area contributed by atoms with Crippen molar-refractivity contribution in [3.63, 3.8) is 0 Å². The zero-order chi connectivity index (χ0) is 7.68. The summed E-state index contributed by atoms with van der Waals surface area (Å²) < 4.78 is 0. The van der Waals surface area contributed by atoms with Crippen LogP contribution in [0.1, 0.15) is 32.1 Å². The van der Waals surface area contributed by atoms with Crippen LogP contribution in [0.4, 0.5) is 0 Å². The second-order valence-corrected chi connectivity index (χ2v) is 3.97. The number of nitrogens with one attached hydrogen (secondary N) is 1. The predicted octanol–water partition coefficient (Wildman–Crippen LogP) is 0.866. The number of hydrogen-bond acceptors (Lipinski definition) is 2. The molecule has 0 spiro atoms. The highest BCUT2D eigenvalue weighted by atomic mass is 15.0. The number of rotatable bonds is 1. The Morgan fingerprint density at radius 2 is 2.09 bits per heavy atom. The average Bonchev–Trinajstić information content (AvgIpc) is 2.50. The van der Waals surface area contributed by atoms with Crippen LogP contribution in [0.5, 0.6) is 0 Å². The molecule has 3 atom stereocenters. The average molecular weight is 154 g/mol. The van der Waals surface area contributed by atoms with Gasteiger partial charge in [0.15, 0.2) is 0 Å². The van der Waals surface area contributed by atoms with Crippen LogP contribution in [-0.2, 0) is 0 Å². The minimum Gasteiger partial charge on any atom is -0.329 e. The first kappa shape index (κ1) is 7.56. The van der Waals surface area contributed by atoms with Gasteiger partial charge in [0.2, 0.25) is 0 Å². The molecule has 2 nitrogen and oxygen atoms in total. The first-order valence-corrected chi connectivity index (χ1v) is 4.86. The van der Waals surface area contributed by atoms with Gasteiger partial charge in [0.05, 0.1) is 0 Å². The van der Waals surface area contributed by atoms with Crippen molar-refractivity contribution in [3.8, 4) is 0 Å². The van der Waals surface area contributed by atoms with E-state index in [0.29, 0.717) is 6.04 Å². The monoisotopic (exact) mass is 154 g/mol. The largest absolute Gasteiger partial charge is 0.329 e. The zero-order valence-electron chi connectivity index (χ0n) is 7.05. The molecule has 2 rings (SSSR count). The van der Waals surface area contributed by atoms with E-state index >= 15 is 0 Å². The molecule has 0 radical (unpaired) electrons. The Bertz CT molecular complexity index is 136. The van der Waals surface area contributed by atoms with Crippen LogP contribution in [0.3, 0.4) is 0 Å². The van der Waals surface area contributed by atoms with E-state index in [4.69, 9.17) is 5.73 Å². The molecule has 1 heterocycles. The molecule has 3 unspecified atom stereocenters. The lowest BCUT2D eigenvalue weighted by Crippen LogP contribution is -2.48. The van der Waals surface area contributed by atoms with Gasteiger partial charge in [-0.25, -0.2) is 0 Å². The molecule has 0 aromatic rings. The van der Waals surface area contributed by atoms with Crippen molar-refractivity contribution >= 4 is 0 Å². The van der Waals surface area contributed by atoms with Gasteiger partial charge < -0.3 is 11.1 Å². The predicted molar refractivity (Wildman–Crippen MR) is 46.3 cm³/mol. The summed E-state index contributed by atoms with van der Waals surface area (Å²) in [5, 5.41) is 3.64. The molecule has 3 N–H and O–H groups in total. The third-order valence-corrected chi connectivity index (χ3v) is 3.28. The molecule has 64 valence electrons. The normalized spacial score (nSPS) is 43.9. The van der Waals surface area contributed by atoms with Gasteiger partial charge in [0.25, 0.3) is 0 Å². The van der Waals surface area contributed by atoms with Crippen LogP contribution in [0.2, 0.25) is 0 Å². The first-order valence-electron chi connectivity index (χ1n) is 4.86. The van der Waals surface area contributed by atoms with Gasteiger partial charge in [-0.2, -0.15) is 0 Å². The molecule has 0 aromatic heterocycles. The fraction of sp³-hybridized carbons (Fsp3) is 1.00. The van der Waals surface area contributed by atoms with Crippen LogP contribution in [0.25, 0.3) is 0 Å². The summed E-state index contributed by atoms with van der Waals surface area (Å²) in [5.74, 6) is 0.984. The number of hydrogen-bond donors (Lipinski definition) is 2. The van der Waals surface area contributed by atoms with Crippen molar-refractivity contribution in [1.82, 2.24) is 5.32 Å². The quantitative estimate of drug-likeness (QED) is 0.588. The molecular weight excluding hydrogens is 136 g/mol. The lowest BCUT2D eigenvalue weighted by atomic mass is 9.90. The van der Waals surface area contributed by atoms with E-state index in [1.807, 2.05) is 0 Å². The third kappa shape index (κ3) is 1.42. The summed E-state index contributed by atoms with van der Waals surface area (Å²) in [4.78, 5) is 0. The minimum absolute atomic E-state index is 0.620. The molecule has 2 fully saturated rings. The number of fused-ring (bicyclic) bond motifs is 1. The lowest BCUT2D eigenvalue weighted by molar-refractivity contribution is 0.262. The fourth-order valence-electron chi connectivity index (χ4n) is 2.59. The smallest absolute Gasteiger partial charge is 0.0193 e. The maximum atomic E-state index is 5.62. The van der Waals surface area contributed by atoms with E-state index in [1.54, 1.807) is 0 Å². The van der Waals surface area contributed by atoms with Crippen molar-refractivity contribution in [2.75, 3.05) is 6.54 Å². The molecule has 0 aromatic carbocycles. The van der Waals surface area contributed by atoms with Crippen molar-refractivity contribution in [2.45, 2.75) is 44.2 Å². The van der Waals surface area contributed by atoms with E-state index in [0.717, 1.165) is 18.5 Å². The van der Waals surface area contributed by atoms with Gasteiger partial charge in [0, 0.05) is 18.6 Å². The summed E-state index contributed by atoms with van der Waals surface area (Å²) in [6.45, 7) is 0.823. The third-order valence-electron chi connectivity index (χ3n) is 3.28. The molecule has 0 bridgehead atoms. The molecular formula is C9H18N2. The van der Waals surface area contributed by atoms with Crippen molar-refractivity contribution in [1.29, 1.82) is 0 Å². The lowest BCUT2D eigenvalue weighted by Gasteiger charge is -2.32. The Hall–Kier alpha value is -0.0800. The first-order chi connectivity index (χ1) is 5.40. The van der Waals surface area contributed by atoms with Gasteiger partial charge in [-0.3, -0.25) is 0 Å². The van der Waals surface area contributed by atoms with Crippen LogP contribution in [0, 0.1) is 5.92 Å². The Labute approximate surface area is 68.5 Å². The standard InChI is InChI=1S/C9H18N2/c10-6-8-5-4-7-2-1-3-9(7)11-8/h7-9,11H,1-6,10H2. The van der Waals surface area contributed by atoms with E-state index in [-0.39, 0.29) is 0 Å². The summed E-state index contributed by atoms with van der Waals surface area (Å²) in [7, 11) is 0. The van der Waals surface area contributed by atoms with Gasteiger partial charge >= 0.3 is 0 Å². The van der Waals surface area contributed by atoms with E-state index in [2.05, 4.69) is 5.32 Å². The van der Waals surface area contributed by atoms with Crippen molar-refractivity contribution < 1.29 is 0 Å². The highest BCUT2D eigenvalue weighted by Crippen LogP contribution is 2.33. The maximum absolute atomic E-state index is 5.62. The van der Waals surface area contributed by atoms with E-state index < -0.39 is 0 Å². The Morgan fingerprint density at radius 3 is 2.91 bits per heavy atom. The SMILES string of the molecule is NCC1CCC2CCCC2N1. The number of piperidine rings is 1. The van der Waals surface area contributed by atoms with Crippen LogP contribution < -0.4 is 11.1 Å². The molecule has 2 heteroatoms. The molecule has 1 saturated carbocycles. The van der Waals surface area contributed by atoms with Gasteiger partial charge in [0.1, 0.15) is 0 Å². The van der Waals surface area contributed by atoms with E-state index in [9.17, 15) is 0 Å². The molecule has 2 aliphatic rings. The second-order valence-electron chi connectivity index (χ2n) is 3.97. The molecule has 0 amide bonds. The maximum Gasteiger partial charge on any atom is 0.0193 e. The highest BCUT2D eigenvalue weighted by molar-refractivity contribution is 4.90. The Balaban J connectivity index is 1.91. The molecule has 11 heavy (non-hydrogen) atoms. The van der Waals surface area contributed by atoms with Gasteiger partial charge in [-0.05, 0) is 31.6 Å². The number of nitrogens with two attached hydrogens (primary N) is 1. The summed E-state index contributed by atoms with van der Waals surface area (Å²) in [5.41, 5.74) is 5.62. The Kier molecular flexibility index (Phi) is 2.14. The summed E-state index contributed by atoms with van der Waals surface area (Å²) >= 11 is 0. The Morgan fingerprint density at radius 1 is 1.18 bits per heavy atom. The van der Waals surface area contributed by atoms with Gasteiger partial charge in [-0.1, -0.05) is 6.42 Å². The van der Waals surface area contributed by atoms with Crippen molar-refractivity contribution in [3.05, 3.63) is 0 Å². The van der Waals surface area contributed by atoms with E-state index in [1.165, 1.54) is 32.1 Å². The zero-order valence-corrected chi connectivity index (χ0v) is 7.05. The van der Waals surface area contributed by atoms with Crippen LogP contribution >= 0.6 is 0 Å². The van der Waals surface area contributed by atoms with Gasteiger partial charge in [-0.15, -0.1) is 0 Å². The fourth-order valence-corrected chi connectivity index (χ4v) is 2.59. The minimum atomic E-state index is 0.620. The molecule has 1 aliphatic heterocycles. The highest BCUT2D eigenvalue weighted by Gasteiger charge is 2.32. The summed E-state index contributed by atoms with van der Waals surface area (Å²) in [6.07, 6.45) is 6.99. The topological polar surface area (TPSA) is 38.0 Å². The summed E-state index contributed by atoms with van der Waals surface area (Å²) in [6, 6.07) is 1.44. The molecule has 1 saturated heterocycles. The second kappa shape index (κ2) is 3.11. The van der Waals surface area contributed by atoms with Crippen LogP contribution in [-0.4, -0.2) is 18.6 Å². The van der Waals surface area contributed by atoms with Crippen LogP contribution in [0.15, 0.2) is 0 Å².